The lowest BCUT2D eigenvalue weighted by Crippen LogP contribution is -2.26. The Labute approximate surface area is 123 Å². The third kappa shape index (κ3) is 3.02. The highest BCUT2D eigenvalue weighted by atomic mass is 127. The van der Waals surface area contributed by atoms with E-state index in [2.05, 4.69) is 32.8 Å². The van der Waals surface area contributed by atoms with Crippen molar-refractivity contribution in [2.75, 3.05) is 7.05 Å². The van der Waals surface area contributed by atoms with Crippen molar-refractivity contribution < 1.29 is 4.79 Å². The number of benzene rings is 1. The molecule has 1 amide bonds. The number of H-pyrrole nitrogens is 1. The van der Waals surface area contributed by atoms with Crippen LogP contribution in [0.4, 0.5) is 0 Å². The molecule has 0 aliphatic carbocycles. The summed E-state index contributed by atoms with van der Waals surface area (Å²) in [6, 6.07) is 5.31. The van der Waals surface area contributed by atoms with E-state index in [0.717, 1.165) is 9.13 Å². The van der Waals surface area contributed by atoms with Gasteiger partial charge in [-0.05, 0) is 40.8 Å². The van der Waals surface area contributed by atoms with Gasteiger partial charge in [0, 0.05) is 34.5 Å². The maximum atomic E-state index is 12.2. The van der Waals surface area contributed by atoms with Gasteiger partial charge in [-0.15, -0.1) is 0 Å². The summed E-state index contributed by atoms with van der Waals surface area (Å²) in [5.74, 6) is -0.0606. The van der Waals surface area contributed by atoms with Crippen molar-refractivity contribution in [3.63, 3.8) is 0 Å². The van der Waals surface area contributed by atoms with Crippen LogP contribution in [0.2, 0.25) is 5.02 Å². The molecule has 6 heteroatoms. The minimum Gasteiger partial charge on any atom is -0.337 e. The largest absolute Gasteiger partial charge is 0.337 e. The van der Waals surface area contributed by atoms with E-state index in [0.29, 0.717) is 17.1 Å². The monoisotopic (exact) mass is 375 g/mol. The summed E-state index contributed by atoms with van der Waals surface area (Å²) in [5, 5.41) is 7.16. The Bertz CT molecular complexity index is 556. The number of nitrogens with zero attached hydrogens (tertiary/aromatic N) is 2. The normalized spacial score (nSPS) is 10.4. The summed E-state index contributed by atoms with van der Waals surface area (Å²) in [7, 11) is 1.75. The number of aromatic amines is 1. The molecule has 18 heavy (non-hydrogen) atoms. The molecule has 0 unspecified atom stereocenters. The highest BCUT2D eigenvalue weighted by molar-refractivity contribution is 14.1. The van der Waals surface area contributed by atoms with Gasteiger partial charge in [-0.25, -0.2) is 0 Å². The number of halogens is 2. The van der Waals surface area contributed by atoms with Crippen LogP contribution in [-0.2, 0) is 6.54 Å². The van der Waals surface area contributed by atoms with Crippen molar-refractivity contribution in [2.24, 2.45) is 0 Å². The highest BCUT2D eigenvalue weighted by Crippen LogP contribution is 2.20. The van der Waals surface area contributed by atoms with Crippen molar-refractivity contribution in [1.82, 2.24) is 15.1 Å². The van der Waals surface area contributed by atoms with Gasteiger partial charge in [0.2, 0.25) is 0 Å². The van der Waals surface area contributed by atoms with Crippen molar-refractivity contribution in [1.29, 1.82) is 0 Å². The molecular formula is C12H11ClIN3O. The molecule has 1 N–H and O–H groups in total. The number of hydrogen-bond donors (Lipinski definition) is 1. The molecule has 0 aliphatic rings. The highest BCUT2D eigenvalue weighted by Gasteiger charge is 2.13. The van der Waals surface area contributed by atoms with Crippen LogP contribution in [0.3, 0.4) is 0 Å². The SMILES string of the molecule is CN(Cc1cn[nH]c1)C(=O)c1ccc(I)c(Cl)c1. The molecular weight excluding hydrogens is 365 g/mol. The molecule has 1 heterocycles. The van der Waals surface area contributed by atoms with Crippen molar-refractivity contribution in [3.05, 3.63) is 50.3 Å². The first-order valence-electron chi connectivity index (χ1n) is 5.26. The fraction of sp³-hybridized carbons (Fsp3) is 0.167. The Balaban J connectivity index is 2.12. The predicted molar refractivity (Wildman–Crippen MR) is 78.6 cm³/mol. The fourth-order valence-corrected chi connectivity index (χ4v) is 2.08. The third-order valence-electron chi connectivity index (χ3n) is 2.49. The molecule has 0 saturated heterocycles. The molecule has 4 nitrogen and oxygen atoms in total. The van der Waals surface area contributed by atoms with E-state index in [-0.39, 0.29) is 5.91 Å². The second-order valence-electron chi connectivity index (χ2n) is 3.90. The molecule has 0 bridgehead atoms. The number of nitrogens with one attached hydrogen (secondary N) is 1. The molecule has 0 atom stereocenters. The molecule has 94 valence electrons. The molecule has 0 radical (unpaired) electrons. The van der Waals surface area contributed by atoms with Crippen LogP contribution in [0.15, 0.2) is 30.6 Å². The molecule has 0 fully saturated rings. The summed E-state index contributed by atoms with van der Waals surface area (Å²) >= 11 is 8.14. The van der Waals surface area contributed by atoms with Gasteiger partial charge in [0.1, 0.15) is 0 Å². The van der Waals surface area contributed by atoms with E-state index < -0.39 is 0 Å². The average Bonchev–Trinajstić information content (AvgIpc) is 2.84. The number of carbonyl (C=O) groups is 1. The molecule has 2 rings (SSSR count). The van der Waals surface area contributed by atoms with Crippen LogP contribution in [0, 0.1) is 3.57 Å². The van der Waals surface area contributed by atoms with Crippen LogP contribution in [0.1, 0.15) is 15.9 Å². The summed E-state index contributed by atoms with van der Waals surface area (Å²) in [6.07, 6.45) is 3.47. The van der Waals surface area contributed by atoms with Gasteiger partial charge < -0.3 is 4.90 Å². The van der Waals surface area contributed by atoms with Gasteiger partial charge in [0.05, 0.1) is 11.2 Å². The molecule has 0 saturated carbocycles. The fourth-order valence-electron chi connectivity index (χ4n) is 1.56. The van der Waals surface area contributed by atoms with Crippen LogP contribution >= 0.6 is 34.2 Å². The van der Waals surface area contributed by atoms with Crippen molar-refractivity contribution >= 4 is 40.1 Å². The minimum atomic E-state index is -0.0606. The number of hydrogen-bond acceptors (Lipinski definition) is 2. The molecule has 0 aliphatic heterocycles. The second kappa shape index (κ2) is 5.71. The number of aromatic nitrogens is 2. The number of carbonyl (C=O) groups excluding carboxylic acids is 1. The topological polar surface area (TPSA) is 49.0 Å². The zero-order valence-corrected chi connectivity index (χ0v) is 12.6. The van der Waals surface area contributed by atoms with Crippen LogP contribution in [0.5, 0.6) is 0 Å². The molecule has 1 aromatic heterocycles. The van der Waals surface area contributed by atoms with Gasteiger partial charge in [0.15, 0.2) is 0 Å². The zero-order chi connectivity index (χ0) is 13.1. The number of amides is 1. The van der Waals surface area contributed by atoms with Gasteiger partial charge in [-0.3, -0.25) is 9.89 Å². The van der Waals surface area contributed by atoms with E-state index in [1.165, 1.54) is 0 Å². The summed E-state index contributed by atoms with van der Waals surface area (Å²) in [5.41, 5.74) is 1.55. The lowest BCUT2D eigenvalue weighted by molar-refractivity contribution is 0.0785. The quantitative estimate of drug-likeness (QED) is 0.839. The van der Waals surface area contributed by atoms with Crippen molar-refractivity contribution in [2.45, 2.75) is 6.54 Å². The first-order chi connectivity index (χ1) is 8.58. The Morgan fingerprint density at radius 3 is 2.94 bits per heavy atom. The summed E-state index contributed by atoms with van der Waals surface area (Å²) < 4.78 is 0.934. The maximum Gasteiger partial charge on any atom is 0.253 e. The van der Waals surface area contributed by atoms with E-state index in [1.54, 1.807) is 36.5 Å². The Morgan fingerprint density at radius 1 is 1.56 bits per heavy atom. The first kappa shape index (κ1) is 13.4. The third-order valence-corrected chi connectivity index (χ3v) is 4.06. The Morgan fingerprint density at radius 2 is 2.33 bits per heavy atom. The van der Waals surface area contributed by atoms with Gasteiger partial charge in [-0.2, -0.15) is 5.10 Å². The van der Waals surface area contributed by atoms with Gasteiger partial charge in [-0.1, -0.05) is 11.6 Å². The summed E-state index contributed by atoms with van der Waals surface area (Å²) in [4.78, 5) is 13.8. The van der Waals surface area contributed by atoms with Crippen LogP contribution in [-0.4, -0.2) is 28.1 Å². The summed E-state index contributed by atoms with van der Waals surface area (Å²) in [6.45, 7) is 0.513. The lowest BCUT2D eigenvalue weighted by Gasteiger charge is -2.16. The molecule has 0 spiro atoms. The average molecular weight is 376 g/mol. The Kier molecular flexibility index (Phi) is 4.23. The van der Waals surface area contributed by atoms with E-state index in [4.69, 9.17) is 11.6 Å². The first-order valence-corrected chi connectivity index (χ1v) is 6.72. The Hall–Kier alpha value is -1.08. The molecule has 1 aromatic carbocycles. The smallest absolute Gasteiger partial charge is 0.253 e. The lowest BCUT2D eigenvalue weighted by atomic mass is 10.2. The zero-order valence-electron chi connectivity index (χ0n) is 9.65. The number of rotatable bonds is 3. The maximum absolute atomic E-state index is 12.2. The van der Waals surface area contributed by atoms with Crippen molar-refractivity contribution in [3.8, 4) is 0 Å². The van der Waals surface area contributed by atoms with E-state index in [1.807, 2.05) is 6.07 Å². The van der Waals surface area contributed by atoms with E-state index in [9.17, 15) is 4.79 Å². The minimum absolute atomic E-state index is 0.0606. The van der Waals surface area contributed by atoms with Gasteiger partial charge in [0.25, 0.3) is 5.91 Å². The second-order valence-corrected chi connectivity index (χ2v) is 5.47. The predicted octanol–water partition coefficient (Wildman–Crippen LogP) is 2.94. The van der Waals surface area contributed by atoms with Crippen LogP contribution in [0.25, 0.3) is 0 Å². The van der Waals surface area contributed by atoms with Gasteiger partial charge >= 0.3 is 0 Å². The van der Waals surface area contributed by atoms with E-state index >= 15 is 0 Å². The van der Waals surface area contributed by atoms with Crippen LogP contribution < -0.4 is 0 Å². The molecule has 2 aromatic rings. The standard InChI is InChI=1S/C12H11ClIN3O/c1-17(7-8-5-15-16-6-8)12(18)9-2-3-11(14)10(13)4-9/h2-6H,7H2,1H3,(H,15,16).